The highest BCUT2D eigenvalue weighted by Gasteiger charge is 2.37. The Labute approximate surface area is 151 Å². The standard InChI is InChI=1S/C17H23FN4O4/c1-5-25-15(23)11-9-20-22(14(11)8-19)13-6-7-21(10-12(13)18)16(24)26-17(2,3)4/h9,12-13H,5-7,10H2,1-4H3. The molecule has 1 aliphatic heterocycles. The van der Waals surface area contributed by atoms with E-state index in [1.807, 2.05) is 6.07 Å². The normalized spacial score (nSPS) is 20.4. The summed E-state index contributed by atoms with van der Waals surface area (Å²) in [5.74, 6) is -0.670. The molecule has 2 unspecified atom stereocenters. The molecule has 2 atom stereocenters. The molecule has 0 spiro atoms. The van der Waals surface area contributed by atoms with E-state index < -0.39 is 29.9 Å². The first-order valence-electron chi connectivity index (χ1n) is 8.44. The van der Waals surface area contributed by atoms with E-state index >= 15 is 0 Å². The van der Waals surface area contributed by atoms with Crippen LogP contribution in [0, 0.1) is 11.3 Å². The number of ether oxygens (including phenoxy) is 2. The Morgan fingerprint density at radius 2 is 2.15 bits per heavy atom. The lowest BCUT2D eigenvalue weighted by molar-refractivity contribution is 0.00569. The van der Waals surface area contributed by atoms with Gasteiger partial charge in [0, 0.05) is 6.54 Å². The van der Waals surface area contributed by atoms with Gasteiger partial charge in [0.15, 0.2) is 5.69 Å². The van der Waals surface area contributed by atoms with Gasteiger partial charge in [-0.25, -0.2) is 18.7 Å². The SMILES string of the molecule is CCOC(=O)c1cnn(C2CCN(C(=O)OC(C)(C)C)CC2F)c1C#N. The number of amides is 1. The molecule has 1 saturated heterocycles. The summed E-state index contributed by atoms with van der Waals surface area (Å²) in [6, 6.07) is 1.15. The maximum atomic E-state index is 14.7. The van der Waals surface area contributed by atoms with E-state index in [0.717, 1.165) is 0 Å². The molecular weight excluding hydrogens is 343 g/mol. The average molecular weight is 366 g/mol. The maximum Gasteiger partial charge on any atom is 0.410 e. The zero-order chi connectivity index (χ0) is 19.5. The number of rotatable bonds is 3. The van der Waals surface area contributed by atoms with E-state index in [9.17, 15) is 19.2 Å². The maximum absolute atomic E-state index is 14.7. The molecule has 0 N–H and O–H groups in total. The van der Waals surface area contributed by atoms with Gasteiger partial charge in [0.1, 0.15) is 23.4 Å². The van der Waals surface area contributed by atoms with Crippen LogP contribution in [0.2, 0.25) is 0 Å². The van der Waals surface area contributed by atoms with Gasteiger partial charge in [0.25, 0.3) is 0 Å². The highest BCUT2D eigenvalue weighted by molar-refractivity contribution is 5.91. The largest absolute Gasteiger partial charge is 0.462 e. The second-order valence-corrected chi connectivity index (χ2v) is 6.98. The molecule has 26 heavy (non-hydrogen) atoms. The van der Waals surface area contributed by atoms with Crippen molar-refractivity contribution in [2.75, 3.05) is 19.7 Å². The van der Waals surface area contributed by atoms with Crippen molar-refractivity contribution in [3.63, 3.8) is 0 Å². The number of hydrogen-bond donors (Lipinski definition) is 0. The van der Waals surface area contributed by atoms with Gasteiger partial charge in [-0.2, -0.15) is 10.4 Å². The van der Waals surface area contributed by atoms with Crippen molar-refractivity contribution in [1.82, 2.24) is 14.7 Å². The first-order chi connectivity index (χ1) is 12.2. The topological polar surface area (TPSA) is 97.5 Å². The summed E-state index contributed by atoms with van der Waals surface area (Å²) in [5, 5.41) is 13.4. The van der Waals surface area contributed by atoms with Gasteiger partial charge in [0.2, 0.25) is 0 Å². The lowest BCUT2D eigenvalue weighted by atomic mass is 10.0. The number of piperidine rings is 1. The van der Waals surface area contributed by atoms with E-state index in [1.54, 1.807) is 27.7 Å². The number of carbonyl (C=O) groups excluding carboxylic acids is 2. The smallest absolute Gasteiger partial charge is 0.410 e. The minimum absolute atomic E-state index is 0.0103. The Bertz CT molecular complexity index is 719. The van der Waals surface area contributed by atoms with Gasteiger partial charge in [-0.3, -0.25) is 0 Å². The Hall–Kier alpha value is -2.63. The van der Waals surface area contributed by atoms with Gasteiger partial charge >= 0.3 is 12.1 Å². The number of carbonyl (C=O) groups is 2. The fourth-order valence-electron chi connectivity index (χ4n) is 2.74. The number of likely N-dealkylation sites (tertiary alicyclic amines) is 1. The van der Waals surface area contributed by atoms with Crippen molar-refractivity contribution in [3.05, 3.63) is 17.5 Å². The lowest BCUT2D eigenvalue weighted by Gasteiger charge is -2.35. The zero-order valence-electron chi connectivity index (χ0n) is 15.4. The number of nitrogens with zero attached hydrogens (tertiary/aromatic N) is 4. The van der Waals surface area contributed by atoms with Crippen molar-refractivity contribution in [1.29, 1.82) is 5.26 Å². The van der Waals surface area contributed by atoms with Gasteiger partial charge < -0.3 is 14.4 Å². The molecule has 0 saturated carbocycles. The molecule has 1 fully saturated rings. The molecule has 8 nitrogen and oxygen atoms in total. The average Bonchev–Trinajstić information content (AvgIpc) is 2.97. The molecule has 1 aromatic rings. The molecule has 0 bridgehead atoms. The molecule has 0 aliphatic carbocycles. The summed E-state index contributed by atoms with van der Waals surface area (Å²) in [5.41, 5.74) is -0.692. The van der Waals surface area contributed by atoms with Gasteiger partial charge in [0.05, 0.1) is 25.4 Å². The van der Waals surface area contributed by atoms with Crippen LogP contribution in [0.5, 0.6) is 0 Å². The number of hydrogen-bond acceptors (Lipinski definition) is 6. The number of alkyl halides is 1. The predicted octanol–water partition coefficient (Wildman–Crippen LogP) is 2.45. The molecule has 9 heteroatoms. The summed E-state index contributed by atoms with van der Waals surface area (Å²) in [7, 11) is 0. The Morgan fingerprint density at radius 3 is 2.69 bits per heavy atom. The van der Waals surface area contributed by atoms with Gasteiger partial charge in [-0.1, -0.05) is 0 Å². The Kier molecular flexibility index (Phi) is 5.85. The molecule has 1 aromatic heterocycles. The van der Waals surface area contributed by atoms with Crippen LogP contribution in [0.1, 0.15) is 56.2 Å². The molecular formula is C17H23FN4O4. The molecule has 1 aliphatic rings. The number of halogens is 1. The van der Waals surface area contributed by atoms with Crippen molar-refractivity contribution in [2.24, 2.45) is 0 Å². The first-order valence-corrected chi connectivity index (χ1v) is 8.44. The second kappa shape index (κ2) is 7.72. The van der Waals surface area contributed by atoms with Gasteiger partial charge in [-0.15, -0.1) is 0 Å². The fourth-order valence-corrected chi connectivity index (χ4v) is 2.74. The summed E-state index contributed by atoms with van der Waals surface area (Å²) in [6.45, 7) is 7.13. The summed E-state index contributed by atoms with van der Waals surface area (Å²) >= 11 is 0. The minimum Gasteiger partial charge on any atom is -0.462 e. The lowest BCUT2D eigenvalue weighted by Crippen LogP contribution is -2.47. The van der Waals surface area contributed by atoms with Crippen LogP contribution in [0.15, 0.2) is 6.20 Å². The molecule has 0 aromatic carbocycles. The Morgan fingerprint density at radius 1 is 1.46 bits per heavy atom. The quantitative estimate of drug-likeness (QED) is 0.762. The highest BCUT2D eigenvalue weighted by Crippen LogP contribution is 2.28. The van der Waals surface area contributed by atoms with E-state index in [0.29, 0.717) is 0 Å². The van der Waals surface area contributed by atoms with E-state index in [4.69, 9.17) is 9.47 Å². The minimum atomic E-state index is -1.45. The first kappa shape index (κ1) is 19.7. The number of esters is 1. The second-order valence-electron chi connectivity index (χ2n) is 6.98. The molecule has 142 valence electrons. The van der Waals surface area contributed by atoms with Crippen LogP contribution in [0.25, 0.3) is 0 Å². The third-order valence-electron chi connectivity index (χ3n) is 3.87. The van der Waals surface area contributed by atoms with Crippen LogP contribution >= 0.6 is 0 Å². The molecule has 2 heterocycles. The molecule has 2 rings (SSSR count). The van der Waals surface area contributed by atoms with Crippen molar-refractivity contribution in [2.45, 2.75) is 51.9 Å². The molecule has 0 radical (unpaired) electrons. The van der Waals surface area contributed by atoms with E-state index in [1.165, 1.54) is 15.8 Å². The highest BCUT2D eigenvalue weighted by atomic mass is 19.1. The number of aromatic nitrogens is 2. The monoisotopic (exact) mass is 366 g/mol. The Balaban J connectivity index is 2.14. The fraction of sp³-hybridized carbons (Fsp3) is 0.647. The van der Waals surface area contributed by atoms with Crippen LogP contribution in [0.4, 0.5) is 9.18 Å². The zero-order valence-corrected chi connectivity index (χ0v) is 15.4. The van der Waals surface area contributed by atoms with Crippen molar-refractivity contribution >= 4 is 12.1 Å². The third kappa shape index (κ3) is 4.31. The van der Waals surface area contributed by atoms with Crippen molar-refractivity contribution < 1.29 is 23.5 Å². The summed E-state index contributed by atoms with van der Waals surface area (Å²) < 4.78 is 26.1. The van der Waals surface area contributed by atoms with Crippen LogP contribution < -0.4 is 0 Å². The third-order valence-corrected chi connectivity index (χ3v) is 3.87. The number of nitriles is 1. The predicted molar refractivity (Wildman–Crippen MR) is 89.3 cm³/mol. The van der Waals surface area contributed by atoms with Crippen molar-refractivity contribution in [3.8, 4) is 6.07 Å². The van der Waals surface area contributed by atoms with E-state index in [2.05, 4.69) is 5.10 Å². The van der Waals surface area contributed by atoms with Crippen LogP contribution in [-0.4, -0.2) is 58.2 Å². The van der Waals surface area contributed by atoms with Crippen LogP contribution in [0.3, 0.4) is 0 Å². The summed E-state index contributed by atoms with van der Waals surface area (Å²) in [4.78, 5) is 25.3. The van der Waals surface area contributed by atoms with Crippen LogP contribution in [-0.2, 0) is 9.47 Å². The molecule has 1 amide bonds. The van der Waals surface area contributed by atoms with E-state index in [-0.39, 0.29) is 37.4 Å². The van der Waals surface area contributed by atoms with Gasteiger partial charge in [-0.05, 0) is 34.1 Å². The summed E-state index contributed by atoms with van der Waals surface area (Å²) in [6.07, 6.45) is -0.562.